The number of nitrogens with zero attached hydrogens (tertiary/aromatic N) is 4. The lowest BCUT2D eigenvalue weighted by atomic mass is 10.0. The van der Waals surface area contributed by atoms with Gasteiger partial charge in [0.25, 0.3) is 5.91 Å². The van der Waals surface area contributed by atoms with E-state index in [1.165, 1.54) is 0 Å². The molecule has 8 heteroatoms. The van der Waals surface area contributed by atoms with Crippen LogP contribution in [0.5, 0.6) is 0 Å². The summed E-state index contributed by atoms with van der Waals surface area (Å²) in [6, 6.07) is 12.7. The van der Waals surface area contributed by atoms with E-state index in [2.05, 4.69) is 22.4 Å². The van der Waals surface area contributed by atoms with Crippen molar-refractivity contribution in [3.05, 3.63) is 66.0 Å². The molecule has 0 aliphatic carbocycles. The fourth-order valence-corrected chi connectivity index (χ4v) is 5.13. The van der Waals surface area contributed by atoms with E-state index in [0.717, 1.165) is 31.5 Å². The monoisotopic (exact) mass is 491 g/mol. The van der Waals surface area contributed by atoms with Crippen molar-refractivity contribution in [2.45, 2.75) is 45.2 Å². The molecular formula is C28H37N5O3. The van der Waals surface area contributed by atoms with Crippen LogP contribution in [0.2, 0.25) is 0 Å². The number of nitrogens with one attached hydrogen (secondary N) is 1. The van der Waals surface area contributed by atoms with Crippen molar-refractivity contribution in [3.8, 4) is 0 Å². The van der Waals surface area contributed by atoms with E-state index in [1.807, 2.05) is 41.8 Å². The highest BCUT2D eigenvalue weighted by atomic mass is 16.2. The number of amides is 3. The van der Waals surface area contributed by atoms with Crippen LogP contribution in [-0.2, 0) is 16.0 Å². The van der Waals surface area contributed by atoms with E-state index in [-0.39, 0.29) is 29.7 Å². The molecule has 1 aromatic heterocycles. The average molecular weight is 492 g/mol. The molecule has 8 nitrogen and oxygen atoms in total. The van der Waals surface area contributed by atoms with Crippen LogP contribution in [0.1, 0.15) is 42.6 Å². The molecule has 3 heterocycles. The van der Waals surface area contributed by atoms with E-state index in [1.54, 1.807) is 29.4 Å². The standard InChI is InChI=1S/C28H37N5O3/c1-21(2)26(34)32(16-11-22-8-4-3-5-9-22)24-18-25(28(36)31-15-7-13-29-14-17-31)33(20-24)27(35)23-10-6-12-30-19-23/h3-6,8-10,12,19,21,24-25,29H,7,11,13-18,20H2,1-2H3. The second-order valence-corrected chi connectivity index (χ2v) is 9.96. The Labute approximate surface area is 213 Å². The molecule has 0 bridgehead atoms. The first-order valence-electron chi connectivity index (χ1n) is 13.0. The van der Waals surface area contributed by atoms with Crippen molar-refractivity contribution in [1.82, 2.24) is 25.0 Å². The molecule has 2 aliphatic rings. The number of rotatable bonds is 7. The van der Waals surface area contributed by atoms with Crippen LogP contribution < -0.4 is 5.32 Å². The minimum atomic E-state index is -0.597. The Morgan fingerprint density at radius 1 is 1.08 bits per heavy atom. The summed E-state index contributed by atoms with van der Waals surface area (Å²) in [6.07, 6.45) is 5.22. The fraction of sp³-hybridized carbons (Fsp3) is 0.500. The number of pyridine rings is 1. The SMILES string of the molecule is CC(C)C(=O)N(CCc1ccccc1)C1CC(C(=O)N2CCCNCC2)N(C(=O)c2cccnc2)C1. The van der Waals surface area contributed by atoms with Gasteiger partial charge in [-0.15, -0.1) is 0 Å². The number of hydrogen-bond donors (Lipinski definition) is 1. The largest absolute Gasteiger partial charge is 0.340 e. The zero-order chi connectivity index (χ0) is 25.5. The molecular weight excluding hydrogens is 454 g/mol. The number of carbonyl (C=O) groups excluding carboxylic acids is 3. The van der Waals surface area contributed by atoms with Crippen LogP contribution in [0.25, 0.3) is 0 Å². The molecule has 192 valence electrons. The molecule has 0 radical (unpaired) electrons. The third kappa shape index (κ3) is 6.10. The smallest absolute Gasteiger partial charge is 0.256 e. The summed E-state index contributed by atoms with van der Waals surface area (Å²) in [5, 5.41) is 3.33. The first-order valence-corrected chi connectivity index (χ1v) is 13.0. The molecule has 2 saturated heterocycles. The molecule has 2 aliphatic heterocycles. The van der Waals surface area contributed by atoms with Gasteiger partial charge in [0.05, 0.1) is 11.6 Å². The van der Waals surface area contributed by atoms with Gasteiger partial charge in [0.1, 0.15) is 6.04 Å². The van der Waals surface area contributed by atoms with Crippen molar-refractivity contribution >= 4 is 17.7 Å². The zero-order valence-corrected chi connectivity index (χ0v) is 21.3. The Morgan fingerprint density at radius 2 is 1.89 bits per heavy atom. The molecule has 2 aromatic rings. The van der Waals surface area contributed by atoms with Gasteiger partial charge in [-0.05, 0) is 43.5 Å². The van der Waals surface area contributed by atoms with E-state index < -0.39 is 6.04 Å². The molecule has 36 heavy (non-hydrogen) atoms. The lowest BCUT2D eigenvalue weighted by Gasteiger charge is -2.31. The number of carbonyl (C=O) groups is 3. The Hall–Kier alpha value is -3.26. The zero-order valence-electron chi connectivity index (χ0n) is 21.3. The van der Waals surface area contributed by atoms with Gasteiger partial charge in [-0.2, -0.15) is 0 Å². The van der Waals surface area contributed by atoms with E-state index in [9.17, 15) is 14.4 Å². The highest BCUT2D eigenvalue weighted by Crippen LogP contribution is 2.27. The van der Waals surface area contributed by atoms with Gasteiger partial charge in [-0.3, -0.25) is 19.4 Å². The quantitative estimate of drug-likeness (QED) is 0.642. The molecule has 0 spiro atoms. The van der Waals surface area contributed by atoms with Crippen LogP contribution in [-0.4, -0.2) is 88.8 Å². The van der Waals surface area contributed by atoms with Gasteiger partial charge >= 0.3 is 0 Å². The fourth-order valence-electron chi connectivity index (χ4n) is 5.13. The van der Waals surface area contributed by atoms with Crippen molar-refractivity contribution in [1.29, 1.82) is 0 Å². The molecule has 2 unspecified atom stereocenters. The summed E-state index contributed by atoms with van der Waals surface area (Å²) in [5.74, 6) is -0.359. The second kappa shape index (κ2) is 12.1. The van der Waals surface area contributed by atoms with E-state index in [0.29, 0.717) is 38.2 Å². The van der Waals surface area contributed by atoms with Crippen LogP contribution in [0.4, 0.5) is 0 Å². The average Bonchev–Trinajstić information content (AvgIpc) is 3.15. The van der Waals surface area contributed by atoms with Gasteiger partial charge < -0.3 is 20.0 Å². The molecule has 2 fully saturated rings. The van der Waals surface area contributed by atoms with Crippen LogP contribution in [0.3, 0.4) is 0 Å². The highest BCUT2D eigenvalue weighted by molar-refractivity contribution is 5.98. The maximum absolute atomic E-state index is 13.7. The maximum Gasteiger partial charge on any atom is 0.256 e. The third-order valence-corrected chi connectivity index (χ3v) is 7.09. The summed E-state index contributed by atoms with van der Waals surface area (Å²) in [6.45, 7) is 7.61. The summed E-state index contributed by atoms with van der Waals surface area (Å²) in [5.41, 5.74) is 1.62. The van der Waals surface area contributed by atoms with Gasteiger partial charge in [-0.25, -0.2) is 0 Å². The maximum atomic E-state index is 13.7. The number of hydrogen-bond acceptors (Lipinski definition) is 5. The van der Waals surface area contributed by atoms with Crippen molar-refractivity contribution in [2.75, 3.05) is 39.3 Å². The van der Waals surface area contributed by atoms with E-state index >= 15 is 0 Å². The number of benzene rings is 1. The predicted molar refractivity (Wildman–Crippen MR) is 138 cm³/mol. The van der Waals surface area contributed by atoms with Crippen LogP contribution in [0.15, 0.2) is 54.9 Å². The number of aromatic nitrogens is 1. The van der Waals surface area contributed by atoms with Gasteiger partial charge in [-0.1, -0.05) is 44.2 Å². The molecule has 0 saturated carbocycles. The lowest BCUT2D eigenvalue weighted by molar-refractivity contribution is -0.137. The molecule has 1 N–H and O–H groups in total. The molecule has 1 aromatic carbocycles. The molecule has 4 rings (SSSR count). The Morgan fingerprint density at radius 3 is 2.61 bits per heavy atom. The first-order chi connectivity index (χ1) is 17.5. The summed E-state index contributed by atoms with van der Waals surface area (Å²) < 4.78 is 0. The normalized spacial score (nSPS) is 20.3. The lowest BCUT2D eigenvalue weighted by Crippen LogP contribution is -2.48. The van der Waals surface area contributed by atoms with Crippen molar-refractivity contribution < 1.29 is 14.4 Å². The van der Waals surface area contributed by atoms with Gasteiger partial charge in [0.2, 0.25) is 11.8 Å². The minimum absolute atomic E-state index is 0.0292. The third-order valence-electron chi connectivity index (χ3n) is 7.09. The summed E-state index contributed by atoms with van der Waals surface area (Å²) in [4.78, 5) is 50.2. The Bertz CT molecular complexity index is 1020. The van der Waals surface area contributed by atoms with Gasteiger partial charge in [0.15, 0.2) is 0 Å². The van der Waals surface area contributed by atoms with Crippen molar-refractivity contribution in [2.24, 2.45) is 5.92 Å². The van der Waals surface area contributed by atoms with Gasteiger partial charge in [0, 0.05) is 51.0 Å². The summed E-state index contributed by atoms with van der Waals surface area (Å²) in [7, 11) is 0. The number of likely N-dealkylation sites (tertiary alicyclic amines) is 1. The van der Waals surface area contributed by atoms with Crippen LogP contribution in [0, 0.1) is 5.92 Å². The van der Waals surface area contributed by atoms with Crippen LogP contribution >= 0.6 is 0 Å². The first kappa shape index (κ1) is 25.8. The summed E-state index contributed by atoms with van der Waals surface area (Å²) >= 11 is 0. The van der Waals surface area contributed by atoms with E-state index in [4.69, 9.17) is 0 Å². The minimum Gasteiger partial charge on any atom is -0.340 e. The second-order valence-electron chi connectivity index (χ2n) is 9.96. The Balaban J connectivity index is 1.59. The Kier molecular flexibility index (Phi) is 8.70. The molecule has 3 amide bonds. The predicted octanol–water partition coefficient (Wildman–Crippen LogP) is 2.21. The molecule has 2 atom stereocenters. The highest BCUT2D eigenvalue weighted by Gasteiger charge is 2.44. The van der Waals surface area contributed by atoms with Crippen molar-refractivity contribution in [3.63, 3.8) is 0 Å². The topological polar surface area (TPSA) is 85.9 Å².